The second-order valence-electron chi connectivity index (χ2n) is 4.60. The summed E-state index contributed by atoms with van der Waals surface area (Å²) >= 11 is 0. The number of nitrogens with zero attached hydrogens (tertiary/aromatic N) is 2. The number of ether oxygens (including phenoxy) is 2. The molecular formula is C13H22N2O3. The van der Waals surface area contributed by atoms with Crippen molar-refractivity contribution in [2.24, 2.45) is 5.92 Å². The normalized spacial score (nSPS) is 16.2. The number of rotatable bonds is 7. The number of nitriles is 1. The van der Waals surface area contributed by atoms with Gasteiger partial charge in [0.15, 0.2) is 0 Å². The van der Waals surface area contributed by atoms with E-state index < -0.39 is 0 Å². The molecule has 1 amide bonds. The first-order valence-corrected chi connectivity index (χ1v) is 6.50. The van der Waals surface area contributed by atoms with Gasteiger partial charge in [0, 0.05) is 33.4 Å². The van der Waals surface area contributed by atoms with Crippen LogP contribution in [0.4, 0.5) is 0 Å². The molecule has 1 aliphatic heterocycles. The highest BCUT2D eigenvalue weighted by Gasteiger charge is 2.14. The number of hydrogen-bond acceptors (Lipinski definition) is 4. The van der Waals surface area contributed by atoms with Gasteiger partial charge in [0.25, 0.3) is 0 Å². The van der Waals surface area contributed by atoms with Crippen LogP contribution in [0.3, 0.4) is 0 Å². The molecule has 5 heteroatoms. The fourth-order valence-corrected chi connectivity index (χ4v) is 1.86. The Morgan fingerprint density at radius 1 is 1.50 bits per heavy atom. The van der Waals surface area contributed by atoms with Gasteiger partial charge in [-0.2, -0.15) is 5.26 Å². The topological polar surface area (TPSA) is 62.6 Å². The van der Waals surface area contributed by atoms with E-state index in [2.05, 4.69) is 0 Å². The summed E-state index contributed by atoms with van der Waals surface area (Å²) < 4.78 is 10.8. The minimum absolute atomic E-state index is 0.0391. The molecule has 1 rings (SSSR count). The molecule has 0 aliphatic carbocycles. The monoisotopic (exact) mass is 254 g/mol. The van der Waals surface area contributed by atoms with E-state index in [1.54, 1.807) is 11.9 Å². The highest BCUT2D eigenvalue weighted by atomic mass is 16.5. The van der Waals surface area contributed by atoms with E-state index in [0.29, 0.717) is 31.9 Å². The molecular weight excluding hydrogens is 232 g/mol. The first kappa shape index (κ1) is 14.9. The average molecular weight is 254 g/mol. The highest BCUT2D eigenvalue weighted by Crippen LogP contribution is 2.14. The second kappa shape index (κ2) is 8.90. The van der Waals surface area contributed by atoms with Crippen molar-refractivity contribution >= 4 is 5.91 Å². The van der Waals surface area contributed by atoms with Crippen molar-refractivity contribution in [3.63, 3.8) is 0 Å². The predicted octanol–water partition coefficient (Wildman–Crippen LogP) is 1.19. The van der Waals surface area contributed by atoms with E-state index in [0.717, 1.165) is 32.7 Å². The van der Waals surface area contributed by atoms with E-state index in [1.807, 2.05) is 6.07 Å². The maximum absolute atomic E-state index is 11.6. The molecule has 0 aromatic rings. The van der Waals surface area contributed by atoms with Crippen molar-refractivity contribution in [3.8, 4) is 6.07 Å². The van der Waals surface area contributed by atoms with Gasteiger partial charge in [0.1, 0.15) is 0 Å². The van der Waals surface area contributed by atoms with Crippen molar-refractivity contribution in [2.45, 2.75) is 25.7 Å². The molecule has 0 saturated carbocycles. The minimum atomic E-state index is 0.0391. The zero-order valence-electron chi connectivity index (χ0n) is 11.1. The van der Waals surface area contributed by atoms with E-state index in [9.17, 15) is 4.79 Å². The van der Waals surface area contributed by atoms with Crippen LogP contribution in [-0.2, 0) is 14.3 Å². The van der Waals surface area contributed by atoms with Crippen LogP contribution < -0.4 is 0 Å². The Morgan fingerprint density at radius 3 is 2.89 bits per heavy atom. The van der Waals surface area contributed by atoms with Gasteiger partial charge in [0.05, 0.1) is 25.5 Å². The fraction of sp³-hybridized carbons (Fsp3) is 0.846. The summed E-state index contributed by atoms with van der Waals surface area (Å²) in [6.45, 7) is 3.33. The minimum Gasteiger partial charge on any atom is -0.381 e. The quantitative estimate of drug-likeness (QED) is 0.640. The van der Waals surface area contributed by atoms with Crippen LogP contribution in [0.1, 0.15) is 25.7 Å². The van der Waals surface area contributed by atoms with Gasteiger partial charge < -0.3 is 14.4 Å². The molecule has 18 heavy (non-hydrogen) atoms. The van der Waals surface area contributed by atoms with Gasteiger partial charge in [-0.25, -0.2) is 0 Å². The molecule has 1 saturated heterocycles. The van der Waals surface area contributed by atoms with Gasteiger partial charge in [-0.15, -0.1) is 0 Å². The van der Waals surface area contributed by atoms with Crippen LogP contribution in [0.2, 0.25) is 0 Å². The van der Waals surface area contributed by atoms with E-state index in [-0.39, 0.29) is 5.91 Å². The van der Waals surface area contributed by atoms with E-state index in [1.165, 1.54) is 0 Å². The SMILES string of the molecule is CN(CCC#N)C(=O)CCOCC1CCOCC1. The van der Waals surface area contributed by atoms with Crippen LogP contribution in [-0.4, -0.2) is 50.8 Å². The largest absolute Gasteiger partial charge is 0.381 e. The summed E-state index contributed by atoms with van der Waals surface area (Å²) in [6.07, 6.45) is 2.88. The molecule has 0 aromatic heterocycles. The van der Waals surface area contributed by atoms with Crippen LogP contribution in [0, 0.1) is 17.2 Å². The van der Waals surface area contributed by atoms with Crippen LogP contribution in [0.15, 0.2) is 0 Å². The van der Waals surface area contributed by atoms with Gasteiger partial charge in [0.2, 0.25) is 5.91 Å². The van der Waals surface area contributed by atoms with Crippen molar-refractivity contribution in [2.75, 3.05) is 40.0 Å². The molecule has 1 heterocycles. The molecule has 0 N–H and O–H groups in total. The predicted molar refractivity (Wildman–Crippen MR) is 66.8 cm³/mol. The fourth-order valence-electron chi connectivity index (χ4n) is 1.86. The van der Waals surface area contributed by atoms with Gasteiger partial charge in [-0.05, 0) is 18.8 Å². The number of hydrogen-bond donors (Lipinski definition) is 0. The third kappa shape index (κ3) is 5.99. The summed E-state index contributed by atoms with van der Waals surface area (Å²) in [7, 11) is 1.72. The molecule has 0 atom stereocenters. The lowest BCUT2D eigenvalue weighted by Gasteiger charge is -2.22. The maximum atomic E-state index is 11.6. The summed E-state index contributed by atoms with van der Waals surface area (Å²) in [5.41, 5.74) is 0. The van der Waals surface area contributed by atoms with Gasteiger partial charge >= 0.3 is 0 Å². The van der Waals surface area contributed by atoms with Crippen molar-refractivity contribution < 1.29 is 14.3 Å². The lowest BCUT2D eigenvalue weighted by atomic mass is 10.0. The third-order valence-electron chi connectivity index (χ3n) is 3.14. The lowest BCUT2D eigenvalue weighted by Crippen LogP contribution is -2.28. The average Bonchev–Trinajstić information content (AvgIpc) is 2.41. The Balaban J connectivity index is 2.02. The molecule has 0 bridgehead atoms. The molecule has 5 nitrogen and oxygen atoms in total. The maximum Gasteiger partial charge on any atom is 0.224 e. The molecule has 0 radical (unpaired) electrons. The van der Waals surface area contributed by atoms with Crippen LogP contribution >= 0.6 is 0 Å². The number of carbonyl (C=O) groups is 1. The standard InChI is InChI=1S/C13H22N2O3/c1-15(7-2-6-14)13(16)5-10-18-11-12-3-8-17-9-4-12/h12H,2-5,7-11H2,1H3. The molecule has 1 fully saturated rings. The Bertz CT molecular complexity index is 282. The zero-order chi connectivity index (χ0) is 13.2. The summed E-state index contributed by atoms with van der Waals surface area (Å²) in [5.74, 6) is 0.613. The molecule has 0 aromatic carbocycles. The van der Waals surface area contributed by atoms with Crippen molar-refractivity contribution in [3.05, 3.63) is 0 Å². The van der Waals surface area contributed by atoms with Crippen molar-refractivity contribution in [1.82, 2.24) is 4.90 Å². The molecule has 102 valence electrons. The summed E-state index contributed by atoms with van der Waals surface area (Å²) in [6, 6.07) is 2.03. The smallest absolute Gasteiger partial charge is 0.224 e. The number of amides is 1. The lowest BCUT2D eigenvalue weighted by molar-refractivity contribution is -0.131. The summed E-state index contributed by atoms with van der Waals surface area (Å²) in [4.78, 5) is 13.2. The molecule has 1 aliphatic rings. The Morgan fingerprint density at radius 2 is 2.22 bits per heavy atom. The molecule has 0 unspecified atom stereocenters. The summed E-state index contributed by atoms with van der Waals surface area (Å²) in [5, 5.41) is 8.43. The van der Waals surface area contributed by atoms with Crippen molar-refractivity contribution in [1.29, 1.82) is 5.26 Å². The Labute approximate surface area is 109 Å². The first-order chi connectivity index (χ1) is 8.74. The molecule has 0 spiro atoms. The zero-order valence-corrected chi connectivity index (χ0v) is 11.1. The van der Waals surface area contributed by atoms with E-state index in [4.69, 9.17) is 14.7 Å². The Kier molecular flexibility index (Phi) is 7.38. The first-order valence-electron chi connectivity index (χ1n) is 6.50. The second-order valence-corrected chi connectivity index (χ2v) is 4.60. The number of carbonyl (C=O) groups excluding carboxylic acids is 1. The Hall–Kier alpha value is -1.12. The van der Waals surface area contributed by atoms with Crippen LogP contribution in [0.5, 0.6) is 0 Å². The third-order valence-corrected chi connectivity index (χ3v) is 3.14. The van der Waals surface area contributed by atoms with Gasteiger partial charge in [-0.1, -0.05) is 0 Å². The van der Waals surface area contributed by atoms with E-state index >= 15 is 0 Å². The van der Waals surface area contributed by atoms with Crippen LogP contribution in [0.25, 0.3) is 0 Å². The van der Waals surface area contributed by atoms with Gasteiger partial charge in [-0.3, -0.25) is 4.79 Å². The highest BCUT2D eigenvalue weighted by molar-refractivity contribution is 5.75.